The summed E-state index contributed by atoms with van der Waals surface area (Å²) in [6, 6.07) is 24.9. The second-order valence-corrected chi connectivity index (χ2v) is 19.3. The first-order valence-electron chi connectivity index (χ1n) is 27.1. The summed E-state index contributed by atoms with van der Waals surface area (Å²) in [5.41, 5.74) is 14.0. The maximum atomic E-state index is 6.96. The lowest BCUT2D eigenvalue weighted by Crippen LogP contribution is -2.27. The minimum atomic E-state index is -0.0326. The molecule has 4 nitrogen and oxygen atoms in total. The Morgan fingerprint density at radius 3 is 2.18 bits per heavy atom. The van der Waals surface area contributed by atoms with E-state index < -0.39 is 0 Å². The van der Waals surface area contributed by atoms with Gasteiger partial charge in [0.15, 0.2) is 5.58 Å². The molecule has 0 saturated heterocycles. The smallest absolute Gasteiger partial charge is 0.159 e. The highest BCUT2D eigenvalue weighted by molar-refractivity contribution is 6.19. The van der Waals surface area contributed by atoms with Crippen LogP contribution in [-0.4, -0.2) is 11.5 Å². The molecule has 2 aliphatic carbocycles. The maximum absolute atomic E-state index is 6.96. The molecule has 0 fully saturated rings. The van der Waals surface area contributed by atoms with Crippen LogP contribution >= 0.6 is 0 Å². The zero-order valence-corrected chi connectivity index (χ0v) is 47.1. The summed E-state index contributed by atoms with van der Waals surface area (Å²) < 4.78 is 13.9. The molecule has 1 heterocycles. The van der Waals surface area contributed by atoms with Gasteiger partial charge in [0.25, 0.3) is 0 Å². The van der Waals surface area contributed by atoms with Gasteiger partial charge in [-0.25, -0.2) is 0 Å². The number of ether oxygens (including phenoxy) is 1. The van der Waals surface area contributed by atoms with Gasteiger partial charge < -0.3 is 19.0 Å². The van der Waals surface area contributed by atoms with Crippen molar-refractivity contribution in [1.29, 1.82) is 0 Å². The number of rotatable bonds is 17. The SMILES string of the molecule is C=CC(C)C(=C)/C(OC/C(C)=C\C)=C(\C=C/C)N(C1=CC=CCC=C1)C1=c2ccc3c(C(C)C)cc(N(/C=C/C=C\C=C/C)c4cccc5c4oc4c(C)cccc45)c4ccc(c2c34)CC(C(C)C)=C1.CC.CC. The molecule has 1 unspecified atom stereocenters. The molecule has 0 spiro atoms. The third kappa shape index (κ3) is 11.6. The highest BCUT2D eigenvalue weighted by atomic mass is 16.5. The topological polar surface area (TPSA) is 28.9 Å². The van der Waals surface area contributed by atoms with Crippen molar-refractivity contribution >= 4 is 60.6 Å². The lowest BCUT2D eigenvalue weighted by Gasteiger charge is -2.32. The summed E-state index contributed by atoms with van der Waals surface area (Å²) in [6.07, 6.45) is 36.2. The van der Waals surface area contributed by atoms with Crippen LogP contribution in [-0.2, 0) is 11.2 Å². The third-order valence-electron chi connectivity index (χ3n) is 13.9. The minimum absolute atomic E-state index is 0.0326. The average Bonchev–Trinajstić information content (AvgIpc) is 3.51. The van der Waals surface area contributed by atoms with Gasteiger partial charge in [0.05, 0.1) is 22.8 Å². The standard InChI is InChI=1S/C66H70N2O2.2C2H6/c1-13-17-18-21-24-38-67(58-33-26-32-54-53-31-25-28-47(11)64(53)70-66(54)58)60-41-57(44(7)8)52-36-37-56-61(40-50(43(5)6)39-49-34-35-55(60)63(52)62(49)56)68(51-29-22-19-20-23-30-51)59(27-14-2)65(48(12)46(10)16-4)69-42-45(9)15-3;2*1-2/h13-19,21-38,40-41,43-44,46H,4,12,20,39,42H2,1-3,5-11H3;2*1-2H3/b17-13-,21-18-,27-14-,38-24+,45-15-,65-59-;;. The average molecular weight is 983 g/mol. The molecule has 8 rings (SSSR count). The predicted octanol–water partition coefficient (Wildman–Crippen LogP) is 20.0. The number of para-hydroxylation sites is 2. The Labute approximate surface area is 444 Å². The number of nitrogens with zero attached hydrogens (tertiary/aromatic N) is 2. The number of allylic oxidation sites excluding steroid dienone is 16. The quantitative estimate of drug-likeness (QED) is 0.0517. The normalized spacial score (nSPS) is 14.7. The highest BCUT2D eigenvalue weighted by Gasteiger charge is 2.29. The Bertz CT molecular complexity index is 3380. The van der Waals surface area contributed by atoms with Crippen LogP contribution in [0.5, 0.6) is 0 Å². The molecule has 1 aromatic heterocycles. The Kier molecular flexibility index (Phi) is 19.7. The Balaban J connectivity index is 0.00000218. The zero-order valence-electron chi connectivity index (χ0n) is 47.1. The first kappa shape index (κ1) is 56.0. The summed E-state index contributed by atoms with van der Waals surface area (Å²) in [4.78, 5) is 4.78. The van der Waals surface area contributed by atoms with Crippen molar-refractivity contribution < 1.29 is 9.15 Å². The van der Waals surface area contributed by atoms with E-state index in [0.29, 0.717) is 6.61 Å². The first-order valence-corrected chi connectivity index (χ1v) is 27.1. The highest BCUT2D eigenvalue weighted by Crippen LogP contribution is 2.46. The van der Waals surface area contributed by atoms with Crippen molar-refractivity contribution in [1.82, 2.24) is 4.90 Å². The van der Waals surface area contributed by atoms with E-state index in [9.17, 15) is 0 Å². The van der Waals surface area contributed by atoms with E-state index in [0.717, 1.165) is 90.9 Å². The second-order valence-electron chi connectivity index (χ2n) is 19.3. The Morgan fingerprint density at radius 1 is 0.770 bits per heavy atom. The lowest BCUT2D eigenvalue weighted by molar-refractivity contribution is 0.235. The van der Waals surface area contributed by atoms with Gasteiger partial charge in [-0.15, -0.1) is 6.58 Å². The van der Waals surface area contributed by atoms with Gasteiger partial charge in [-0.3, -0.25) is 0 Å². The molecular weight excluding hydrogens is 901 g/mol. The van der Waals surface area contributed by atoms with E-state index in [1.165, 1.54) is 38.2 Å². The van der Waals surface area contributed by atoms with Crippen LogP contribution in [0.25, 0.3) is 49.2 Å². The second kappa shape index (κ2) is 26.1. The predicted molar refractivity (Wildman–Crippen MR) is 326 cm³/mol. The van der Waals surface area contributed by atoms with Crippen LogP contribution in [0.4, 0.5) is 11.4 Å². The summed E-state index contributed by atoms with van der Waals surface area (Å²) >= 11 is 0. The van der Waals surface area contributed by atoms with Crippen LogP contribution in [0.3, 0.4) is 0 Å². The van der Waals surface area contributed by atoms with Crippen molar-refractivity contribution in [3.63, 3.8) is 0 Å². The van der Waals surface area contributed by atoms with Gasteiger partial charge in [-0.05, 0) is 146 Å². The molecule has 0 saturated carbocycles. The van der Waals surface area contributed by atoms with Crippen LogP contribution < -0.4 is 10.1 Å². The number of fused-ring (bicyclic) bond motifs is 3. The fourth-order valence-electron chi connectivity index (χ4n) is 9.73. The van der Waals surface area contributed by atoms with Crippen molar-refractivity contribution in [3.05, 3.63) is 233 Å². The largest absolute Gasteiger partial charge is 0.487 e. The Hall–Kier alpha value is -7.30. The molecule has 384 valence electrons. The summed E-state index contributed by atoms with van der Waals surface area (Å²) in [5.74, 6) is 1.22. The molecule has 0 bridgehead atoms. The van der Waals surface area contributed by atoms with E-state index in [2.05, 4.69) is 231 Å². The van der Waals surface area contributed by atoms with Gasteiger partial charge in [0.1, 0.15) is 17.9 Å². The maximum Gasteiger partial charge on any atom is 0.159 e. The van der Waals surface area contributed by atoms with E-state index in [1.54, 1.807) is 0 Å². The number of hydrogen-bond acceptors (Lipinski definition) is 4. The molecule has 5 aromatic carbocycles. The molecule has 0 N–H and O–H groups in total. The number of anilines is 2. The van der Waals surface area contributed by atoms with Gasteiger partial charge in [-0.1, -0.05) is 190 Å². The molecule has 0 amide bonds. The number of furan rings is 1. The van der Waals surface area contributed by atoms with Gasteiger partial charge in [-0.2, -0.15) is 0 Å². The van der Waals surface area contributed by atoms with E-state index >= 15 is 0 Å². The molecular formula is C70H82N2O2. The monoisotopic (exact) mass is 983 g/mol. The third-order valence-corrected chi connectivity index (χ3v) is 13.9. The van der Waals surface area contributed by atoms with E-state index in [4.69, 9.17) is 15.7 Å². The molecule has 74 heavy (non-hydrogen) atoms. The van der Waals surface area contributed by atoms with Crippen LogP contribution in [0.15, 0.2) is 216 Å². The zero-order chi connectivity index (χ0) is 53.6. The lowest BCUT2D eigenvalue weighted by atomic mass is 9.86. The van der Waals surface area contributed by atoms with Crippen molar-refractivity contribution in [2.24, 2.45) is 11.8 Å². The van der Waals surface area contributed by atoms with Gasteiger partial charge >= 0.3 is 0 Å². The van der Waals surface area contributed by atoms with Crippen LogP contribution in [0.1, 0.15) is 119 Å². The van der Waals surface area contributed by atoms with Gasteiger partial charge in [0.2, 0.25) is 0 Å². The molecule has 1 atom stereocenters. The fourth-order valence-corrected chi connectivity index (χ4v) is 9.73. The number of hydrogen-bond donors (Lipinski definition) is 0. The minimum Gasteiger partial charge on any atom is -0.487 e. The summed E-state index contributed by atoms with van der Waals surface area (Å²) in [7, 11) is 0. The molecule has 0 aliphatic heterocycles. The van der Waals surface area contributed by atoms with Crippen molar-refractivity contribution in [2.75, 3.05) is 11.5 Å². The summed E-state index contributed by atoms with van der Waals surface area (Å²) in [5, 5.41) is 8.34. The molecule has 6 aromatic rings. The van der Waals surface area contributed by atoms with Crippen LogP contribution in [0, 0.1) is 18.8 Å². The Morgan fingerprint density at radius 2 is 1.49 bits per heavy atom. The number of benzene rings is 5. The van der Waals surface area contributed by atoms with Crippen molar-refractivity contribution in [3.8, 4) is 0 Å². The van der Waals surface area contributed by atoms with Crippen LogP contribution in [0.2, 0.25) is 0 Å². The summed E-state index contributed by atoms with van der Waals surface area (Å²) in [6.45, 7) is 39.2. The van der Waals surface area contributed by atoms with Crippen molar-refractivity contribution in [2.45, 2.75) is 116 Å². The van der Waals surface area contributed by atoms with E-state index in [1.807, 2.05) is 46.8 Å². The molecule has 0 radical (unpaired) electrons. The van der Waals surface area contributed by atoms with Gasteiger partial charge in [0, 0.05) is 39.2 Å². The molecule has 2 aliphatic rings. The first-order chi connectivity index (χ1) is 35.9. The van der Waals surface area contributed by atoms with E-state index in [-0.39, 0.29) is 17.8 Å². The number of aryl methyl sites for hydroxylation is 1. The molecule has 4 heteroatoms. The fraction of sp³-hybridized carbons (Fsp3) is 0.286.